The van der Waals surface area contributed by atoms with Crippen LogP contribution in [0.2, 0.25) is 0 Å². The summed E-state index contributed by atoms with van der Waals surface area (Å²) in [6.07, 6.45) is 1.50. The van der Waals surface area contributed by atoms with Gasteiger partial charge in [-0.25, -0.2) is 0 Å². The van der Waals surface area contributed by atoms with Gasteiger partial charge in [0.25, 0.3) is 0 Å². The Morgan fingerprint density at radius 2 is 2.18 bits per heavy atom. The monoisotopic (exact) mass is 229 g/mol. The van der Waals surface area contributed by atoms with Crippen LogP contribution in [0.4, 0.5) is 0 Å². The van der Waals surface area contributed by atoms with Gasteiger partial charge in [0.05, 0.1) is 6.10 Å². The van der Waals surface area contributed by atoms with E-state index in [1.165, 1.54) is 6.42 Å². The summed E-state index contributed by atoms with van der Waals surface area (Å²) in [6.45, 7) is 4.83. The molecule has 2 unspecified atom stereocenters. The lowest BCUT2D eigenvalue weighted by atomic mass is 9.97. The number of piperidine rings is 1. The zero-order valence-corrected chi connectivity index (χ0v) is 10.3. The number of rotatable bonds is 2. The first-order chi connectivity index (χ1) is 8.36. The molecule has 0 aliphatic carbocycles. The second-order valence-corrected chi connectivity index (χ2v) is 4.49. The predicted octanol–water partition coefficient (Wildman–Crippen LogP) is 2.05. The minimum absolute atomic E-state index is 0.314. The molecule has 1 fully saturated rings. The third-order valence-electron chi connectivity index (χ3n) is 3.13. The van der Waals surface area contributed by atoms with Gasteiger partial charge in [-0.05, 0) is 31.0 Å². The highest BCUT2D eigenvalue weighted by Crippen LogP contribution is 2.14. The fourth-order valence-corrected chi connectivity index (χ4v) is 1.99. The topological polar surface area (TPSA) is 21.3 Å². The van der Waals surface area contributed by atoms with Gasteiger partial charge in [0.1, 0.15) is 6.61 Å². The van der Waals surface area contributed by atoms with E-state index in [2.05, 4.69) is 24.1 Å². The summed E-state index contributed by atoms with van der Waals surface area (Å²) in [5.41, 5.74) is 1.05. The quantitative estimate of drug-likeness (QED) is 0.784. The van der Waals surface area contributed by atoms with E-state index in [9.17, 15) is 0 Å². The van der Waals surface area contributed by atoms with Crippen molar-refractivity contribution in [3.05, 3.63) is 35.9 Å². The van der Waals surface area contributed by atoms with Crippen LogP contribution in [0.1, 0.15) is 18.9 Å². The highest BCUT2D eigenvalue weighted by molar-refractivity contribution is 5.33. The smallest absolute Gasteiger partial charge is 0.108 e. The van der Waals surface area contributed by atoms with Crippen LogP contribution >= 0.6 is 0 Å². The summed E-state index contributed by atoms with van der Waals surface area (Å²) in [5, 5.41) is 3.35. The molecule has 1 aromatic rings. The van der Waals surface area contributed by atoms with E-state index < -0.39 is 0 Å². The Morgan fingerprint density at radius 3 is 2.94 bits per heavy atom. The summed E-state index contributed by atoms with van der Waals surface area (Å²) in [6, 6.07) is 10.0. The highest BCUT2D eigenvalue weighted by atomic mass is 16.5. The van der Waals surface area contributed by atoms with E-state index in [4.69, 9.17) is 4.74 Å². The van der Waals surface area contributed by atoms with Gasteiger partial charge < -0.3 is 10.1 Å². The first-order valence-corrected chi connectivity index (χ1v) is 6.22. The van der Waals surface area contributed by atoms with Crippen molar-refractivity contribution in [3.63, 3.8) is 0 Å². The molecule has 17 heavy (non-hydrogen) atoms. The zero-order chi connectivity index (χ0) is 11.9. The minimum atomic E-state index is 0.314. The normalized spacial score (nSPS) is 23.8. The molecule has 1 N–H and O–H groups in total. The average molecular weight is 229 g/mol. The summed E-state index contributed by atoms with van der Waals surface area (Å²) < 4.78 is 5.78. The standard InChI is InChI=1S/C15H19NO/c1-13-9-10-16-12-15(13)17-11-5-8-14-6-3-2-4-7-14/h2-4,6-7,13,15-16H,9-12H2,1H3. The Morgan fingerprint density at radius 1 is 1.35 bits per heavy atom. The van der Waals surface area contributed by atoms with Crippen LogP contribution in [-0.4, -0.2) is 25.8 Å². The maximum atomic E-state index is 5.78. The van der Waals surface area contributed by atoms with Crippen molar-refractivity contribution < 1.29 is 4.74 Å². The van der Waals surface area contributed by atoms with E-state index in [0.29, 0.717) is 18.6 Å². The second-order valence-electron chi connectivity index (χ2n) is 4.49. The van der Waals surface area contributed by atoms with Crippen molar-refractivity contribution in [2.24, 2.45) is 5.92 Å². The van der Waals surface area contributed by atoms with Gasteiger partial charge in [0.2, 0.25) is 0 Å². The number of ether oxygens (including phenoxy) is 1. The molecule has 0 radical (unpaired) electrons. The van der Waals surface area contributed by atoms with Gasteiger partial charge in [-0.1, -0.05) is 37.0 Å². The molecule has 0 saturated carbocycles. The van der Waals surface area contributed by atoms with Gasteiger partial charge in [-0.15, -0.1) is 0 Å². The van der Waals surface area contributed by atoms with E-state index in [1.807, 2.05) is 30.3 Å². The van der Waals surface area contributed by atoms with Crippen LogP contribution in [0.25, 0.3) is 0 Å². The van der Waals surface area contributed by atoms with Gasteiger partial charge >= 0.3 is 0 Å². The molecule has 1 aromatic carbocycles. The van der Waals surface area contributed by atoms with Crippen LogP contribution in [0.15, 0.2) is 30.3 Å². The van der Waals surface area contributed by atoms with Crippen LogP contribution in [0.3, 0.4) is 0 Å². The van der Waals surface area contributed by atoms with Gasteiger partial charge in [-0.3, -0.25) is 0 Å². The van der Waals surface area contributed by atoms with Crippen molar-refractivity contribution in [2.75, 3.05) is 19.7 Å². The maximum Gasteiger partial charge on any atom is 0.108 e. The van der Waals surface area contributed by atoms with E-state index in [0.717, 1.165) is 18.7 Å². The lowest BCUT2D eigenvalue weighted by Crippen LogP contribution is -2.41. The summed E-state index contributed by atoms with van der Waals surface area (Å²) in [5.74, 6) is 6.81. The zero-order valence-electron chi connectivity index (χ0n) is 10.3. The first kappa shape index (κ1) is 12.2. The third kappa shape index (κ3) is 3.89. The molecular weight excluding hydrogens is 210 g/mol. The van der Waals surface area contributed by atoms with Crippen LogP contribution < -0.4 is 5.32 Å². The SMILES string of the molecule is CC1CCNCC1OCC#Cc1ccccc1. The highest BCUT2D eigenvalue weighted by Gasteiger charge is 2.20. The molecule has 1 heterocycles. The Kier molecular flexibility index (Phi) is 4.61. The molecule has 2 heteroatoms. The van der Waals surface area contributed by atoms with Crippen molar-refractivity contribution in [1.29, 1.82) is 0 Å². The Bertz CT molecular complexity index is 390. The molecule has 2 rings (SSSR count). The molecule has 2 atom stereocenters. The van der Waals surface area contributed by atoms with E-state index in [-0.39, 0.29) is 0 Å². The van der Waals surface area contributed by atoms with Crippen molar-refractivity contribution in [1.82, 2.24) is 5.32 Å². The molecular formula is C15H19NO. The van der Waals surface area contributed by atoms with Gasteiger partial charge in [0, 0.05) is 12.1 Å². The molecule has 0 spiro atoms. The molecule has 1 aliphatic heterocycles. The summed E-state index contributed by atoms with van der Waals surface area (Å²) >= 11 is 0. The van der Waals surface area contributed by atoms with Crippen molar-refractivity contribution >= 4 is 0 Å². The molecule has 2 nitrogen and oxygen atoms in total. The molecule has 1 saturated heterocycles. The largest absolute Gasteiger partial charge is 0.364 e. The van der Waals surface area contributed by atoms with Crippen LogP contribution in [-0.2, 0) is 4.74 Å². The third-order valence-corrected chi connectivity index (χ3v) is 3.13. The maximum absolute atomic E-state index is 5.78. The van der Waals surface area contributed by atoms with E-state index >= 15 is 0 Å². The minimum Gasteiger partial charge on any atom is -0.364 e. The number of hydrogen-bond donors (Lipinski definition) is 1. The number of nitrogens with one attached hydrogen (secondary N) is 1. The van der Waals surface area contributed by atoms with Gasteiger partial charge in [-0.2, -0.15) is 0 Å². The number of hydrogen-bond acceptors (Lipinski definition) is 2. The van der Waals surface area contributed by atoms with Gasteiger partial charge in [0.15, 0.2) is 0 Å². The second kappa shape index (κ2) is 6.44. The fraction of sp³-hybridized carbons (Fsp3) is 0.467. The van der Waals surface area contributed by atoms with Crippen LogP contribution in [0.5, 0.6) is 0 Å². The lowest BCUT2D eigenvalue weighted by Gasteiger charge is -2.28. The fourth-order valence-electron chi connectivity index (χ4n) is 1.99. The van der Waals surface area contributed by atoms with E-state index in [1.54, 1.807) is 0 Å². The summed E-state index contributed by atoms with van der Waals surface area (Å²) in [4.78, 5) is 0. The predicted molar refractivity (Wildman–Crippen MR) is 69.7 cm³/mol. The molecule has 0 aromatic heterocycles. The van der Waals surface area contributed by atoms with Crippen LogP contribution in [0, 0.1) is 17.8 Å². The van der Waals surface area contributed by atoms with Crippen molar-refractivity contribution in [3.8, 4) is 11.8 Å². The summed E-state index contributed by atoms with van der Waals surface area (Å²) in [7, 11) is 0. The Hall–Kier alpha value is -1.30. The lowest BCUT2D eigenvalue weighted by molar-refractivity contribution is 0.0227. The van der Waals surface area contributed by atoms with Crippen molar-refractivity contribution in [2.45, 2.75) is 19.4 Å². The molecule has 1 aliphatic rings. The molecule has 0 amide bonds. The molecule has 90 valence electrons. The average Bonchev–Trinajstić information content (AvgIpc) is 2.38. The Labute approximate surface area is 103 Å². The first-order valence-electron chi connectivity index (χ1n) is 6.22. The molecule has 0 bridgehead atoms. The Balaban J connectivity index is 1.77. The number of benzene rings is 1.